The number of aromatic nitrogens is 2. The normalized spacial score (nSPS) is 18.6. The Morgan fingerprint density at radius 2 is 2.36 bits per heavy atom. The lowest BCUT2D eigenvalue weighted by molar-refractivity contribution is 0.318. The molecule has 1 atom stereocenters. The van der Waals surface area contributed by atoms with E-state index in [1.807, 2.05) is 0 Å². The lowest BCUT2D eigenvalue weighted by Gasteiger charge is -2.20. The lowest BCUT2D eigenvalue weighted by Crippen LogP contribution is -2.10. The van der Waals surface area contributed by atoms with Crippen molar-refractivity contribution in [2.24, 2.45) is 5.73 Å². The number of terminal acetylenes is 1. The monoisotopic (exact) mass is 191 g/mol. The van der Waals surface area contributed by atoms with E-state index in [1.165, 1.54) is 6.42 Å². The minimum atomic E-state index is -0.318. The second-order valence-corrected chi connectivity index (χ2v) is 3.62. The van der Waals surface area contributed by atoms with Crippen LogP contribution in [0.4, 0.5) is 0 Å². The molecule has 2 N–H and O–H groups in total. The van der Waals surface area contributed by atoms with Crippen molar-refractivity contribution in [2.75, 3.05) is 0 Å². The summed E-state index contributed by atoms with van der Waals surface area (Å²) in [5.41, 5.74) is 5.74. The molecule has 1 aliphatic rings. The van der Waals surface area contributed by atoms with E-state index in [2.05, 4.69) is 16.1 Å². The van der Waals surface area contributed by atoms with E-state index in [-0.39, 0.29) is 6.04 Å². The second kappa shape index (κ2) is 3.81. The molecule has 2 rings (SSSR count). The van der Waals surface area contributed by atoms with Crippen molar-refractivity contribution in [3.63, 3.8) is 0 Å². The van der Waals surface area contributed by atoms with Crippen LogP contribution in [0.3, 0.4) is 0 Å². The van der Waals surface area contributed by atoms with E-state index in [0.717, 1.165) is 18.7 Å². The molecule has 0 spiro atoms. The van der Waals surface area contributed by atoms with Crippen molar-refractivity contribution < 1.29 is 4.42 Å². The van der Waals surface area contributed by atoms with Gasteiger partial charge in [-0.1, -0.05) is 6.42 Å². The minimum absolute atomic E-state index is 0.318. The van der Waals surface area contributed by atoms with Gasteiger partial charge in [0.25, 0.3) is 0 Å². The average molecular weight is 191 g/mol. The maximum atomic E-state index is 5.74. The second-order valence-electron chi connectivity index (χ2n) is 3.62. The van der Waals surface area contributed by atoms with Crippen molar-refractivity contribution >= 4 is 0 Å². The SMILES string of the molecule is C#CC[C@H](N)c1nnc(C2CCC2)o1. The molecule has 4 heteroatoms. The summed E-state index contributed by atoms with van der Waals surface area (Å²) in [7, 11) is 0. The van der Waals surface area contributed by atoms with Gasteiger partial charge in [-0.2, -0.15) is 0 Å². The number of nitrogens with zero attached hydrogens (tertiary/aromatic N) is 2. The summed E-state index contributed by atoms with van der Waals surface area (Å²) in [5, 5.41) is 7.88. The maximum absolute atomic E-state index is 5.74. The topological polar surface area (TPSA) is 64.9 Å². The fraction of sp³-hybridized carbons (Fsp3) is 0.600. The van der Waals surface area contributed by atoms with Gasteiger partial charge in [0.15, 0.2) is 0 Å². The zero-order valence-electron chi connectivity index (χ0n) is 7.94. The molecule has 1 aromatic rings. The molecule has 0 radical (unpaired) electrons. The number of hydrogen-bond donors (Lipinski definition) is 1. The predicted octanol–water partition coefficient (Wildman–Crippen LogP) is 1.36. The Morgan fingerprint density at radius 3 is 2.93 bits per heavy atom. The van der Waals surface area contributed by atoms with Crippen LogP contribution in [-0.4, -0.2) is 10.2 Å². The highest BCUT2D eigenvalue weighted by atomic mass is 16.4. The van der Waals surface area contributed by atoms with Gasteiger partial charge in [0.1, 0.15) is 0 Å². The first-order valence-electron chi connectivity index (χ1n) is 4.83. The molecule has 14 heavy (non-hydrogen) atoms. The quantitative estimate of drug-likeness (QED) is 0.732. The van der Waals surface area contributed by atoms with Crippen LogP contribution < -0.4 is 5.73 Å². The third-order valence-corrected chi connectivity index (χ3v) is 2.57. The van der Waals surface area contributed by atoms with Gasteiger partial charge in [0, 0.05) is 12.3 Å². The van der Waals surface area contributed by atoms with Crippen LogP contribution in [0.2, 0.25) is 0 Å². The molecule has 1 saturated carbocycles. The van der Waals surface area contributed by atoms with Crippen molar-refractivity contribution in [1.82, 2.24) is 10.2 Å². The summed E-state index contributed by atoms with van der Waals surface area (Å²) in [6.07, 6.45) is 9.13. The predicted molar refractivity (Wildman–Crippen MR) is 51.3 cm³/mol. The molecule has 0 aliphatic heterocycles. The van der Waals surface area contributed by atoms with Crippen molar-refractivity contribution in [3.05, 3.63) is 11.8 Å². The maximum Gasteiger partial charge on any atom is 0.234 e. The molecule has 0 saturated heterocycles. The van der Waals surface area contributed by atoms with Gasteiger partial charge < -0.3 is 10.2 Å². The molecular weight excluding hydrogens is 178 g/mol. The molecule has 74 valence electrons. The molecule has 0 unspecified atom stereocenters. The lowest BCUT2D eigenvalue weighted by atomic mass is 9.85. The van der Waals surface area contributed by atoms with E-state index >= 15 is 0 Å². The number of rotatable bonds is 3. The number of nitrogens with two attached hydrogens (primary N) is 1. The Kier molecular flexibility index (Phi) is 2.51. The molecule has 0 bridgehead atoms. The highest BCUT2D eigenvalue weighted by molar-refractivity contribution is 5.00. The van der Waals surface area contributed by atoms with Gasteiger partial charge in [0.2, 0.25) is 11.8 Å². The van der Waals surface area contributed by atoms with Gasteiger partial charge >= 0.3 is 0 Å². The van der Waals surface area contributed by atoms with Crippen LogP contribution >= 0.6 is 0 Å². The fourth-order valence-electron chi connectivity index (χ4n) is 1.43. The van der Waals surface area contributed by atoms with E-state index in [0.29, 0.717) is 18.2 Å². The first-order chi connectivity index (χ1) is 6.81. The molecular formula is C10H13N3O. The van der Waals surface area contributed by atoms with Crippen molar-refractivity contribution in [3.8, 4) is 12.3 Å². The van der Waals surface area contributed by atoms with Crippen LogP contribution in [-0.2, 0) is 0 Å². The first kappa shape index (κ1) is 9.22. The molecule has 4 nitrogen and oxygen atoms in total. The zero-order valence-corrected chi connectivity index (χ0v) is 7.94. The van der Waals surface area contributed by atoms with Crippen molar-refractivity contribution in [1.29, 1.82) is 0 Å². The zero-order chi connectivity index (χ0) is 9.97. The summed E-state index contributed by atoms with van der Waals surface area (Å²) in [6.45, 7) is 0. The molecule has 0 amide bonds. The highest BCUT2D eigenvalue weighted by Gasteiger charge is 2.26. The smallest absolute Gasteiger partial charge is 0.234 e. The molecule has 0 aromatic carbocycles. The first-order valence-corrected chi connectivity index (χ1v) is 4.83. The van der Waals surface area contributed by atoms with Crippen LogP contribution in [0.15, 0.2) is 4.42 Å². The van der Waals surface area contributed by atoms with Gasteiger partial charge in [-0.05, 0) is 12.8 Å². The van der Waals surface area contributed by atoms with Crippen LogP contribution in [0.1, 0.15) is 49.4 Å². The van der Waals surface area contributed by atoms with E-state index in [1.54, 1.807) is 0 Å². The van der Waals surface area contributed by atoms with Gasteiger partial charge in [-0.3, -0.25) is 0 Å². The fourth-order valence-corrected chi connectivity index (χ4v) is 1.43. The van der Waals surface area contributed by atoms with Gasteiger partial charge in [-0.15, -0.1) is 22.5 Å². The van der Waals surface area contributed by atoms with Gasteiger partial charge in [0.05, 0.1) is 6.04 Å². The Bertz CT molecular complexity index is 348. The molecule has 1 aliphatic carbocycles. The summed E-state index contributed by atoms with van der Waals surface area (Å²) < 4.78 is 5.46. The van der Waals surface area contributed by atoms with Crippen LogP contribution in [0.25, 0.3) is 0 Å². The highest BCUT2D eigenvalue weighted by Crippen LogP contribution is 2.35. The number of hydrogen-bond acceptors (Lipinski definition) is 4. The average Bonchev–Trinajstić information content (AvgIpc) is 2.50. The Morgan fingerprint density at radius 1 is 1.57 bits per heavy atom. The van der Waals surface area contributed by atoms with E-state index in [4.69, 9.17) is 16.6 Å². The Labute approximate surface area is 82.9 Å². The third kappa shape index (κ3) is 1.64. The van der Waals surface area contributed by atoms with Crippen molar-refractivity contribution in [2.45, 2.75) is 37.6 Å². The Hall–Kier alpha value is -1.34. The minimum Gasteiger partial charge on any atom is -0.423 e. The third-order valence-electron chi connectivity index (χ3n) is 2.57. The standard InChI is InChI=1S/C10H13N3O/c1-2-4-8(11)10-13-12-9(14-10)7-5-3-6-7/h1,7-8H,3-6,11H2/t8-/m0/s1. The molecule has 1 aromatic heterocycles. The largest absolute Gasteiger partial charge is 0.423 e. The van der Waals surface area contributed by atoms with E-state index in [9.17, 15) is 0 Å². The summed E-state index contributed by atoms with van der Waals surface area (Å²) in [6, 6.07) is -0.318. The molecule has 1 fully saturated rings. The van der Waals surface area contributed by atoms with E-state index < -0.39 is 0 Å². The summed E-state index contributed by atoms with van der Waals surface area (Å²) in [5.74, 6) is 4.12. The van der Waals surface area contributed by atoms with Gasteiger partial charge in [-0.25, -0.2) is 0 Å². The molecule has 1 heterocycles. The Balaban J connectivity index is 2.05. The summed E-state index contributed by atoms with van der Waals surface area (Å²) >= 11 is 0. The van der Waals surface area contributed by atoms with Crippen LogP contribution in [0.5, 0.6) is 0 Å². The summed E-state index contributed by atoms with van der Waals surface area (Å²) in [4.78, 5) is 0. The van der Waals surface area contributed by atoms with Crippen LogP contribution in [0, 0.1) is 12.3 Å².